The molecule has 0 N–H and O–H groups in total. The number of benzene rings is 5. The van der Waals surface area contributed by atoms with Gasteiger partial charge in [-0.3, -0.25) is 0 Å². The Kier molecular flexibility index (Phi) is 8.28. The summed E-state index contributed by atoms with van der Waals surface area (Å²) in [4.78, 5) is 2.31. The molecule has 1 nitrogen and oxygen atoms in total. The molecule has 1 radical (unpaired) electrons. The van der Waals surface area contributed by atoms with Crippen molar-refractivity contribution in [2.24, 2.45) is 0 Å². The van der Waals surface area contributed by atoms with E-state index in [4.69, 9.17) is 0 Å². The predicted octanol–water partition coefficient (Wildman–Crippen LogP) is 9.36. The first-order valence-electron chi connectivity index (χ1n) is 12.0. The number of nitrogens with zero attached hydrogens (tertiary/aromatic N) is 1. The summed E-state index contributed by atoms with van der Waals surface area (Å²) in [5, 5.41) is 0. The van der Waals surface area contributed by atoms with Gasteiger partial charge in [-0.25, -0.2) is 0 Å². The van der Waals surface area contributed by atoms with Gasteiger partial charge in [0.2, 0.25) is 0 Å². The maximum atomic E-state index is 2.31. The normalized spacial score (nSPS) is 10.3. The number of hydrogen-bond acceptors (Lipinski definition) is 1. The molecule has 0 aromatic heterocycles. The molecule has 0 saturated heterocycles. The first-order chi connectivity index (χ1) is 17.2. The predicted molar refractivity (Wildman–Crippen MR) is 150 cm³/mol. The monoisotopic (exact) mass is 502 g/mol. The fourth-order valence-electron chi connectivity index (χ4n) is 4.29. The second-order valence-corrected chi connectivity index (χ2v) is 8.89. The number of hydrogen-bond donors (Lipinski definition) is 0. The number of anilines is 3. The second kappa shape index (κ2) is 11.8. The Labute approximate surface area is 226 Å². The molecule has 0 aliphatic carbocycles. The molecule has 0 fully saturated rings. The molecule has 5 aromatic carbocycles. The van der Waals surface area contributed by atoms with Gasteiger partial charge in [-0.15, -0.1) is 0 Å². The van der Waals surface area contributed by atoms with Crippen molar-refractivity contribution in [2.75, 3.05) is 4.90 Å². The van der Waals surface area contributed by atoms with E-state index >= 15 is 0 Å². The second-order valence-electron chi connectivity index (χ2n) is 8.89. The Hall–Kier alpha value is -3.78. The van der Waals surface area contributed by atoms with Gasteiger partial charge in [0.15, 0.2) is 0 Å². The van der Waals surface area contributed by atoms with Crippen molar-refractivity contribution >= 4 is 28.7 Å². The van der Waals surface area contributed by atoms with Gasteiger partial charge in [-0.05, 0) is 78.6 Å². The Morgan fingerprint density at radius 2 is 0.833 bits per heavy atom. The van der Waals surface area contributed by atoms with Gasteiger partial charge in [0, 0.05) is 35.6 Å². The van der Waals surface area contributed by atoms with Crippen LogP contribution in [0.1, 0.15) is 27.8 Å². The summed E-state index contributed by atoms with van der Waals surface area (Å²) >= 11 is 0. The van der Waals surface area contributed by atoms with E-state index in [9.17, 15) is 0 Å². The molecular formula is C34H29NV. The van der Waals surface area contributed by atoms with Crippen LogP contribution in [0.3, 0.4) is 0 Å². The van der Waals surface area contributed by atoms with E-state index in [1.807, 2.05) is 0 Å². The molecule has 0 aliphatic rings. The first-order valence-corrected chi connectivity index (χ1v) is 12.0. The summed E-state index contributed by atoms with van der Waals surface area (Å²) in [5.41, 5.74) is 10.8. The van der Waals surface area contributed by atoms with Crippen molar-refractivity contribution in [1.29, 1.82) is 0 Å². The first kappa shape index (κ1) is 25.3. The minimum Gasteiger partial charge on any atom is -0.311 e. The van der Waals surface area contributed by atoms with Crippen LogP contribution in [-0.4, -0.2) is 0 Å². The van der Waals surface area contributed by atoms with E-state index in [0.717, 1.165) is 17.1 Å². The molecule has 0 bridgehead atoms. The van der Waals surface area contributed by atoms with Crippen molar-refractivity contribution in [3.05, 3.63) is 161 Å². The Bertz CT molecular complexity index is 1320. The van der Waals surface area contributed by atoms with Crippen LogP contribution in [0.5, 0.6) is 0 Å². The number of aryl methyl sites for hydroxylation is 2. The Balaban J connectivity index is 0.00000304. The largest absolute Gasteiger partial charge is 0.311 e. The Morgan fingerprint density at radius 3 is 1.22 bits per heavy atom. The third-order valence-electron chi connectivity index (χ3n) is 6.22. The molecule has 0 spiro atoms. The van der Waals surface area contributed by atoms with Crippen LogP contribution in [0.4, 0.5) is 17.1 Å². The Morgan fingerprint density at radius 1 is 0.472 bits per heavy atom. The molecule has 2 heteroatoms. The molecule has 5 rings (SSSR count). The van der Waals surface area contributed by atoms with E-state index in [-0.39, 0.29) is 18.6 Å². The SMILES string of the molecule is Cc1ccc(N(c2ccc(C)cc2)c2ccc(C=C(c3ccccc3)c3ccccc3)cc2)cc1.[V]. The third kappa shape index (κ3) is 5.89. The molecule has 0 saturated carbocycles. The molecule has 5 aromatic rings. The van der Waals surface area contributed by atoms with Gasteiger partial charge < -0.3 is 4.90 Å². The summed E-state index contributed by atoms with van der Waals surface area (Å²) in [7, 11) is 0. The van der Waals surface area contributed by atoms with Crippen molar-refractivity contribution in [2.45, 2.75) is 13.8 Å². The third-order valence-corrected chi connectivity index (χ3v) is 6.22. The summed E-state index contributed by atoms with van der Waals surface area (Å²) in [5.74, 6) is 0. The van der Waals surface area contributed by atoms with Crippen LogP contribution < -0.4 is 4.90 Å². The smallest absolute Gasteiger partial charge is 0.0462 e. The van der Waals surface area contributed by atoms with E-state index in [1.54, 1.807) is 0 Å². The molecular weight excluding hydrogens is 473 g/mol. The summed E-state index contributed by atoms with van der Waals surface area (Å²) in [6, 6.07) is 47.4. The topological polar surface area (TPSA) is 3.24 Å². The van der Waals surface area contributed by atoms with Gasteiger partial charge in [0.05, 0.1) is 0 Å². The minimum absolute atomic E-state index is 0. The fraction of sp³-hybridized carbons (Fsp3) is 0.0588. The molecule has 36 heavy (non-hydrogen) atoms. The van der Waals surface area contributed by atoms with Crippen LogP contribution in [-0.2, 0) is 18.6 Å². The van der Waals surface area contributed by atoms with Gasteiger partial charge >= 0.3 is 0 Å². The van der Waals surface area contributed by atoms with E-state index < -0.39 is 0 Å². The van der Waals surface area contributed by atoms with E-state index in [0.29, 0.717) is 0 Å². The minimum atomic E-state index is 0. The maximum absolute atomic E-state index is 2.31. The van der Waals surface area contributed by atoms with Crippen molar-refractivity contribution < 1.29 is 18.6 Å². The van der Waals surface area contributed by atoms with Gasteiger partial charge in [-0.1, -0.05) is 108 Å². The van der Waals surface area contributed by atoms with Crippen molar-refractivity contribution in [3.8, 4) is 0 Å². The molecule has 0 unspecified atom stereocenters. The van der Waals surface area contributed by atoms with Crippen molar-refractivity contribution in [3.63, 3.8) is 0 Å². The maximum Gasteiger partial charge on any atom is 0.0462 e. The molecule has 0 atom stereocenters. The van der Waals surface area contributed by atoms with Crippen LogP contribution in [0.25, 0.3) is 11.6 Å². The zero-order chi connectivity index (χ0) is 24.0. The van der Waals surface area contributed by atoms with Crippen molar-refractivity contribution in [1.82, 2.24) is 0 Å². The standard InChI is InChI=1S/C34H29N.V/c1-26-13-19-31(20-14-26)35(32-21-15-27(2)16-22-32)33-23-17-28(18-24-33)25-34(29-9-5-3-6-10-29)30-11-7-4-8-12-30;/h3-25H,1-2H3;. The van der Waals surface area contributed by atoms with Crippen LogP contribution in [0, 0.1) is 13.8 Å². The van der Waals surface area contributed by atoms with Crippen LogP contribution in [0.15, 0.2) is 133 Å². The van der Waals surface area contributed by atoms with Crippen LogP contribution >= 0.6 is 0 Å². The fourth-order valence-corrected chi connectivity index (χ4v) is 4.29. The van der Waals surface area contributed by atoms with Gasteiger partial charge in [0.1, 0.15) is 0 Å². The zero-order valence-electron chi connectivity index (χ0n) is 20.7. The molecule has 0 aliphatic heterocycles. The molecule has 0 heterocycles. The zero-order valence-corrected chi connectivity index (χ0v) is 22.1. The number of rotatable bonds is 6. The van der Waals surface area contributed by atoms with E-state index in [2.05, 4.69) is 158 Å². The quantitative estimate of drug-likeness (QED) is 0.209. The summed E-state index contributed by atoms with van der Waals surface area (Å²) in [6.07, 6.45) is 2.27. The van der Waals surface area contributed by atoms with Crippen LogP contribution in [0.2, 0.25) is 0 Å². The average Bonchev–Trinajstić information content (AvgIpc) is 2.91. The average molecular weight is 503 g/mol. The summed E-state index contributed by atoms with van der Waals surface area (Å²) in [6.45, 7) is 4.25. The van der Waals surface area contributed by atoms with E-state index in [1.165, 1.54) is 33.4 Å². The van der Waals surface area contributed by atoms with Gasteiger partial charge in [0.25, 0.3) is 0 Å². The molecule has 175 valence electrons. The molecule has 0 amide bonds. The summed E-state index contributed by atoms with van der Waals surface area (Å²) < 4.78 is 0. The van der Waals surface area contributed by atoms with Gasteiger partial charge in [-0.2, -0.15) is 0 Å².